The lowest BCUT2D eigenvalue weighted by Gasteiger charge is -2.33. The van der Waals surface area contributed by atoms with Gasteiger partial charge >= 0.3 is 0 Å². The van der Waals surface area contributed by atoms with Crippen molar-refractivity contribution in [2.75, 3.05) is 19.7 Å². The van der Waals surface area contributed by atoms with Crippen LogP contribution in [0.3, 0.4) is 0 Å². The molecule has 1 atom stereocenters. The number of amides is 1. The molecule has 1 amide bonds. The molecule has 1 fully saturated rings. The summed E-state index contributed by atoms with van der Waals surface area (Å²) in [6.45, 7) is 4.25. The standard InChI is InChI=1S/C16H17Cl2N3O2/c1-2-21-9-12(8-19-21)16(22)20-5-6-23-15(10-20)11-3-4-13(17)14(18)7-11/h3-4,7-9,15H,2,5-6,10H2,1H3/t15-/m0/s1. The Labute approximate surface area is 144 Å². The van der Waals surface area contributed by atoms with E-state index in [0.29, 0.717) is 35.3 Å². The summed E-state index contributed by atoms with van der Waals surface area (Å²) in [4.78, 5) is 14.4. The summed E-state index contributed by atoms with van der Waals surface area (Å²) in [6, 6.07) is 5.41. The summed E-state index contributed by atoms with van der Waals surface area (Å²) in [5.41, 5.74) is 1.52. The first-order chi connectivity index (χ1) is 11.1. The van der Waals surface area contributed by atoms with Crippen molar-refractivity contribution >= 4 is 29.1 Å². The van der Waals surface area contributed by atoms with E-state index in [-0.39, 0.29) is 12.0 Å². The monoisotopic (exact) mass is 353 g/mol. The Morgan fingerprint density at radius 1 is 1.39 bits per heavy atom. The zero-order chi connectivity index (χ0) is 16.4. The van der Waals surface area contributed by atoms with Crippen LogP contribution in [-0.2, 0) is 11.3 Å². The number of aromatic nitrogens is 2. The maximum atomic E-state index is 12.6. The Balaban J connectivity index is 1.74. The molecule has 0 spiro atoms. The fourth-order valence-electron chi connectivity index (χ4n) is 2.58. The van der Waals surface area contributed by atoms with Crippen molar-refractivity contribution in [2.24, 2.45) is 0 Å². The summed E-state index contributed by atoms with van der Waals surface area (Å²) >= 11 is 12.0. The predicted molar refractivity (Wildman–Crippen MR) is 89.0 cm³/mol. The van der Waals surface area contributed by atoms with Gasteiger partial charge in [-0.2, -0.15) is 5.10 Å². The first kappa shape index (κ1) is 16.3. The smallest absolute Gasteiger partial charge is 0.257 e. The highest BCUT2D eigenvalue weighted by Gasteiger charge is 2.27. The van der Waals surface area contributed by atoms with Crippen molar-refractivity contribution in [3.63, 3.8) is 0 Å². The molecule has 1 aromatic carbocycles. The molecule has 0 aliphatic carbocycles. The van der Waals surface area contributed by atoms with Crippen LogP contribution in [0.5, 0.6) is 0 Å². The second kappa shape index (κ2) is 6.91. The van der Waals surface area contributed by atoms with Crippen LogP contribution in [0, 0.1) is 0 Å². The maximum Gasteiger partial charge on any atom is 0.257 e. The van der Waals surface area contributed by atoms with Crippen molar-refractivity contribution in [3.05, 3.63) is 51.8 Å². The fourth-order valence-corrected chi connectivity index (χ4v) is 2.88. The van der Waals surface area contributed by atoms with Gasteiger partial charge in [0.05, 0.1) is 35.0 Å². The van der Waals surface area contributed by atoms with Gasteiger partial charge in [-0.1, -0.05) is 29.3 Å². The number of hydrogen-bond acceptors (Lipinski definition) is 3. The SMILES string of the molecule is CCn1cc(C(=O)N2CCO[C@H](c3ccc(Cl)c(Cl)c3)C2)cn1. The Bertz CT molecular complexity index is 717. The number of morpholine rings is 1. The topological polar surface area (TPSA) is 47.4 Å². The highest BCUT2D eigenvalue weighted by Crippen LogP contribution is 2.29. The number of carbonyl (C=O) groups excluding carboxylic acids is 1. The Kier molecular flexibility index (Phi) is 4.90. The Hall–Kier alpha value is -1.56. The Morgan fingerprint density at radius 3 is 2.91 bits per heavy atom. The number of halogens is 2. The van der Waals surface area contributed by atoms with Gasteiger partial charge in [0.15, 0.2) is 0 Å². The van der Waals surface area contributed by atoms with E-state index in [1.165, 1.54) is 0 Å². The van der Waals surface area contributed by atoms with Crippen molar-refractivity contribution in [2.45, 2.75) is 19.6 Å². The van der Waals surface area contributed by atoms with Gasteiger partial charge in [-0.25, -0.2) is 0 Å². The van der Waals surface area contributed by atoms with E-state index in [1.807, 2.05) is 13.0 Å². The van der Waals surface area contributed by atoms with Gasteiger partial charge in [-0.15, -0.1) is 0 Å². The van der Waals surface area contributed by atoms with Gasteiger partial charge in [0.25, 0.3) is 5.91 Å². The molecule has 23 heavy (non-hydrogen) atoms. The highest BCUT2D eigenvalue weighted by molar-refractivity contribution is 6.42. The average molecular weight is 354 g/mol. The lowest BCUT2D eigenvalue weighted by atomic mass is 10.1. The summed E-state index contributed by atoms with van der Waals surface area (Å²) in [7, 11) is 0. The van der Waals surface area contributed by atoms with E-state index in [0.717, 1.165) is 12.1 Å². The number of benzene rings is 1. The van der Waals surface area contributed by atoms with E-state index in [2.05, 4.69) is 5.10 Å². The summed E-state index contributed by atoms with van der Waals surface area (Å²) < 4.78 is 7.53. The number of ether oxygens (including phenoxy) is 1. The normalized spacial score (nSPS) is 18.2. The molecule has 0 N–H and O–H groups in total. The minimum absolute atomic E-state index is 0.0296. The number of aryl methyl sites for hydroxylation is 1. The van der Waals surface area contributed by atoms with Gasteiger partial charge in [0, 0.05) is 19.3 Å². The van der Waals surface area contributed by atoms with Crippen molar-refractivity contribution in [1.29, 1.82) is 0 Å². The molecule has 0 saturated carbocycles. The second-order valence-corrected chi connectivity index (χ2v) is 6.18. The number of hydrogen-bond donors (Lipinski definition) is 0. The van der Waals surface area contributed by atoms with Gasteiger partial charge < -0.3 is 9.64 Å². The molecule has 3 rings (SSSR count). The van der Waals surface area contributed by atoms with Crippen molar-refractivity contribution < 1.29 is 9.53 Å². The molecule has 0 radical (unpaired) electrons. The predicted octanol–water partition coefficient (Wildman–Crippen LogP) is 3.42. The second-order valence-electron chi connectivity index (χ2n) is 5.37. The third-order valence-corrected chi connectivity index (χ3v) is 4.61. The molecule has 7 heteroatoms. The quantitative estimate of drug-likeness (QED) is 0.849. The first-order valence-electron chi connectivity index (χ1n) is 7.46. The van der Waals surface area contributed by atoms with Gasteiger partial charge in [0.2, 0.25) is 0 Å². The minimum Gasteiger partial charge on any atom is -0.370 e. The van der Waals surface area contributed by atoms with Crippen LogP contribution in [0.2, 0.25) is 10.0 Å². The lowest BCUT2D eigenvalue weighted by molar-refractivity contribution is -0.0228. The summed E-state index contributed by atoms with van der Waals surface area (Å²) in [6.07, 6.45) is 3.17. The molecule has 1 saturated heterocycles. The van der Waals surface area contributed by atoms with Crippen molar-refractivity contribution in [1.82, 2.24) is 14.7 Å². The van der Waals surface area contributed by atoms with Crippen LogP contribution in [0.25, 0.3) is 0 Å². The summed E-state index contributed by atoms with van der Waals surface area (Å²) in [5.74, 6) is -0.0296. The van der Waals surface area contributed by atoms with Crippen LogP contribution < -0.4 is 0 Å². The zero-order valence-corrected chi connectivity index (χ0v) is 14.2. The molecule has 5 nitrogen and oxygen atoms in total. The molecule has 2 heterocycles. The van der Waals surface area contributed by atoms with Gasteiger partial charge in [-0.05, 0) is 24.6 Å². The molecule has 1 aromatic heterocycles. The highest BCUT2D eigenvalue weighted by atomic mass is 35.5. The molecule has 122 valence electrons. The van der Waals surface area contributed by atoms with E-state index < -0.39 is 0 Å². The lowest BCUT2D eigenvalue weighted by Crippen LogP contribution is -2.42. The molecular formula is C16H17Cl2N3O2. The molecule has 0 unspecified atom stereocenters. The molecule has 1 aliphatic heterocycles. The van der Waals surface area contributed by atoms with Gasteiger partial charge in [-0.3, -0.25) is 9.48 Å². The van der Waals surface area contributed by atoms with E-state index in [1.54, 1.807) is 34.1 Å². The number of nitrogens with zero attached hydrogens (tertiary/aromatic N) is 3. The van der Waals surface area contributed by atoms with E-state index in [9.17, 15) is 4.79 Å². The first-order valence-corrected chi connectivity index (χ1v) is 8.22. The van der Waals surface area contributed by atoms with Crippen molar-refractivity contribution in [3.8, 4) is 0 Å². The fraction of sp³-hybridized carbons (Fsp3) is 0.375. The number of carbonyl (C=O) groups is 1. The summed E-state index contributed by atoms with van der Waals surface area (Å²) in [5, 5.41) is 5.15. The number of rotatable bonds is 3. The van der Waals surface area contributed by atoms with E-state index >= 15 is 0 Å². The third-order valence-electron chi connectivity index (χ3n) is 3.87. The molecular weight excluding hydrogens is 337 g/mol. The van der Waals surface area contributed by atoms with Crippen LogP contribution in [0.4, 0.5) is 0 Å². The zero-order valence-electron chi connectivity index (χ0n) is 12.7. The van der Waals surface area contributed by atoms with Gasteiger partial charge in [0.1, 0.15) is 6.10 Å². The maximum absolute atomic E-state index is 12.6. The Morgan fingerprint density at radius 2 is 2.22 bits per heavy atom. The average Bonchev–Trinajstić information content (AvgIpc) is 3.06. The largest absolute Gasteiger partial charge is 0.370 e. The molecule has 2 aromatic rings. The minimum atomic E-state index is -0.205. The third kappa shape index (κ3) is 3.52. The van der Waals surface area contributed by atoms with E-state index in [4.69, 9.17) is 27.9 Å². The van der Waals surface area contributed by atoms with Crippen LogP contribution in [0.1, 0.15) is 28.9 Å². The van der Waals surface area contributed by atoms with Crippen LogP contribution in [-0.4, -0.2) is 40.3 Å². The molecule has 0 bridgehead atoms. The molecule has 1 aliphatic rings. The van der Waals surface area contributed by atoms with Crippen LogP contribution in [0.15, 0.2) is 30.6 Å². The van der Waals surface area contributed by atoms with Crippen LogP contribution >= 0.6 is 23.2 Å².